The molecule has 1 aliphatic rings. The molecular formula is C6H7BrF3NO. The van der Waals surface area contributed by atoms with Gasteiger partial charge in [0.15, 0.2) is 0 Å². The zero-order chi connectivity index (χ0) is 9.35. The first kappa shape index (κ1) is 9.83. The van der Waals surface area contributed by atoms with Crippen molar-refractivity contribution >= 4 is 21.8 Å². The van der Waals surface area contributed by atoms with Crippen molar-refractivity contribution < 1.29 is 18.0 Å². The topological polar surface area (TPSA) is 20.3 Å². The van der Waals surface area contributed by atoms with E-state index in [9.17, 15) is 18.0 Å². The van der Waals surface area contributed by atoms with Gasteiger partial charge >= 0.3 is 6.18 Å². The lowest BCUT2D eigenvalue weighted by Crippen LogP contribution is -2.36. The lowest BCUT2D eigenvalue weighted by Gasteiger charge is -2.17. The summed E-state index contributed by atoms with van der Waals surface area (Å²) in [6, 6.07) is 0. The summed E-state index contributed by atoms with van der Waals surface area (Å²) in [5.41, 5.74) is 0. The van der Waals surface area contributed by atoms with Crippen LogP contribution in [-0.4, -0.2) is 34.9 Å². The van der Waals surface area contributed by atoms with E-state index in [2.05, 4.69) is 15.9 Å². The van der Waals surface area contributed by atoms with E-state index in [1.54, 1.807) is 0 Å². The minimum atomic E-state index is -4.28. The molecule has 12 heavy (non-hydrogen) atoms. The quantitative estimate of drug-likeness (QED) is 0.642. The van der Waals surface area contributed by atoms with Crippen LogP contribution < -0.4 is 0 Å². The molecule has 2 nitrogen and oxygen atoms in total. The fourth-order valence-corrected chi connectivity index (χ4v) is 1.57. The molecule has 1 heterocycles. The van der Waals surface area contributed by atoms with Crippen LogP contribution >= 0.6 is 15.9 Å². The Morgan fingerprint density at radius 3 is 2.50 bits per heavy atom. The van der Waals surface area contributed by atoms with Crippen LogP contribution in [0.1, 0.15) is 6.42 Å². The van der Waals surface area contributed by atoms with E-state index in [0.717, 1.165) is 4.90 Å². The third kappa shape index (κ3) is 2.36. The normalized spacial score (nSPS) is 25.2. The Hall–Kier alpha value is -0.260. The van der Waals surface area contributed by atoms with Crippen molar-refractivity contribution in [1.29, 1.82) is 0 Å². The van der Waals surface area contributed by atoms with Crippen LogP contribution in [0.25, 0.3) is 0 Å². The molecule has 70 valence electrons. The summed E-state index contributed by atoms with van der Waals surface area (Å²) < 4.78 is 35.4. The molecule has 6 heteroatoms. The van der Waals surface area contributed by atoms with Crippen molar-refractivity contribution in [1.82, 2.24) is 4.90 Å². The zero-order valence-corrected chi connectivity index (χ0v) is 7.65. The molecule has 1 atom stereocenters. The SMILES string of the molecule is O=C1[C@H](Br)CCN1CC(F)(F)F. The highest BCUT2D eigenvalue weighted by atomic mass is 79.9. The Morgan fingerprint density at radius 2 is 2.17 bits per heavy atom. The number of likely N-dealkylation sites (tertiary alicyclic amines) is 1. The second kappa shape index (κ2) is 3.24. The van der Waals surface area contributed by atoms with E-state index in [-0.39, 0.29) is 6.54 Å². The number of hydrogen-bond acceptors (Lipinski definition) is 1. The molecule has 1 rings (SSSR count). The molecule has 0 aliphatic carbocycles. The van der Waals surface area contributed by atoms with Crippen molar-refractivity contribution in [2.24, 2.45) is 0 Å². The van der Waals surface area contributed by atoms with Gasteiger partial charge in [0.2, 0.25) is 5.91 Å². The van der Waals surface area contributed by atoms with Gasteiger partial charge in [-0.15, -0.1) is 0 Å². The molecule has 0 aromatic rings. The summed E-state index contributed by atoms with van der Waals surface area (Å²) in [5, 5.41) is 0. The van der Waals surface area contributed by atoms with E-state index in [0.29, 0.717) is 6.42 Å². The van der Waals surface area contributed by atoms with Gasteiger partial charge in [-0.05, 0) is 6.42 Å². The molecule has 0 aromatic heterocycles. The highest BCUT2D eigenvalue weighted by Crippen LogP contribution is 2.23. The van der Waals surface area contributed by atoms with Crippen LogP contribution in [0.3, 0.4) is 0 Å². The fourth-order valence-electron chi connectivity index (χ4n) is 1.07. The van der Waals surface area contributed by atoms with Gasteiger partial charge in [0, 0.05) is 6.54 Å². The van der Waals surface area contributed by atoms with Gasteiger partial charge in [0.05, 0.1) is 4.83 Å². The summed E-state index contributed by atoms with van der Waals surface area (Å²) in [7, 11) is 0. The molecule has 0 unspecified atom stereocenters. The number of carbonyl (C=O) groups is 1. The predicted molar refractivity (Wildman–Crippen MR) is 40.0 cm³/mol. The summed E-state index contributed by atoms with van der Waals surface area (Å²) in [5.74, 6) is -0.465. The van der Waals surface area contributed by atoms with Crippen LogP contribution in [0.15, 0.2) is 0 Å². The van der Waals surface area contributed by atoms with Crippen molar-refractivity contribution in [3.8, 4) is 0 Å². The van der Waals surface area contributed by atoms with E-state index in [1.807, 2.05) is 0 Å². The summed E-state index contributed by atoms with van der Waals surface area (Å²) in [4.78, 5) is 11.4. The minimum Gasteiger partial charge on any atom is -0.333 e. The maximum atomic E-state index is 11.8. The molecule has 0 aromatic carbocycles. The lowest BCUT2D eigenvalue weighted by atomic mass is 10.4. The third-order valence-corrected chi connectivity index (χ3v) is 2.45. The minimum absolute atomic E-state index is 0.189. The van der Waals surface area contributed by atoms with E-state index >= 15 is 0 Å². The molecule has 0 N–H and O–H groups in total. The monoisotopic (exact) mass is 245 g/mol. The maximum Gasteiger partial charge on any atom is 0.406 e. The van der Waals surface area contributed by atoms with Gasteiger partial charge < -0.3 is 4.90 Å². The third-order valence-electron chi connectivity index (χ3n) is 1.60. The van der Waals surface area contributed by atoms with Gasteiger partial charge in [-0.3, -0.25) is 4.79 Å². The first-order chi connectivity index (χ1) is 5.40. The first-order valence-corrected chi connectivity index (χ1v) is 4.31. The lowest BCUT2D eigenvalue weighted by molar-refractivity contribution is -0.157. The zero-order valence-electron chi connectivity index (χ0n) is 6.07. The van der Waals surface area contributed by atoms with E-state index in [4.69, 9.17) is 0 Å². The molecule has 1 amide bonds. The van der Waals surface area contributed by atoms with Crippen LogP contribution in [-0.2, 0) is 4.79 Å². The average molecular weight is 246 g/mol. The maximum absolute atomic E-state index is 11.8. The Bertz CT molecular complexity index is 194. The highest BCUT2D eigenvalue weighted by Gasteiger charge is 2.38. The Kier molecular flexibility index (Phi) is 2.65. The van der Waals surface area contributed by atoms with E-state index < -0.39 is 23.5 Å². The predicted octanol–water partition coefficient (Wildman–Crippen LogP) is 1.54. The summed E-state index contributed by atoms with van der Waals surface area (Å²) in [6.45, 7) is -0.942. The number of halogens is 4. The van der Waals surface area contributed by atoms with Crippen molar-refractivity contribution in [2.75, 3.05) is 13.1 Å². The molecule has 1 aliphatic heterocycles. The Morgan fingerprint density at radius 1 is 1.58 bits per heavy atom. The number of alkyl halides is 4. The average Bonchev–Trinajstić information content (AvgIpc) is 2.16. The summed E-state index contributed by atoms with van der Waals surface area (Å²) >= 11 is 2.99. The molecular weight excluding hydrogens is 239 g/mol. The second-order valence-corrected chi connectivity index (χ2v) is 3.74. The number of rotatable bonds is 1. The van der Waals surface area contributed by atoms with Crippen molar-refractivity contribution in [3.63, 3.8) is 0 Å². The van der Waals surface area contributed by atoms with Crippen molar-refractivity contribution in [2.45, 2.75) is 17.4 Å². The molecule has 0 saturated carbocycles. The molecule has 0 radical (unpaired) electrons. The summed E-state index contributed by atoms with van der Waals surface area (Å²) in [6.07, 6.45) is -3.83. The fraction of sp³-hybridized carbons (Fsp3) is 0.833. The van der Waals surface area contributed by atoms with Crippen LogP contribution in [0.2, 0.25) is 0 Å². The Balaban J connectivity index is 2.50. The molecule has 0 bridgehead atoms. The van der Waals surface area contributed by atoms with Crippen LogP contribution in [0, 0.1) is 0 Å². The van der Waals surface area contributed by atoms with Gasteiger partial charge in [-0.2, -0.15) is 13.2 Å². The number of hydrogen-bond donors (Lipinski definition) is 0. The van der Waals surface area contributed by atoms with Crippen LogP contribution in [0.4, 0.5) is 13.2 Å². The Labute approximate surface area is 75.8 Å². The van der Waals surface area contributed by atoms with Gasteiger partial charge in [0.1, 0.15) is 6.54 Å². The molecule has 1 fully saturated rings. The van der Waals surface area contributed by atoms with Gasteiger partial charge in [0.25, 0.3) is 0 Å². The van der Waals surface area contributed by atoms with Crippen molar-refractivity contribution in [3.05, 3.63) is 0 Å². The largest absolute Gasteiger partial charge is 0.406 e. The second-order valence-electron chi connectivity index (χ2n) is 2.63. The van der Waals surface area contributed by atoms with Gasteiger partial charge in [-0.25, -0.2) is 0 Å². The number of carbonyl (C=O) groups excluding carboxylic acids is 1. The first-order valence-electron chi connectivity index (χ1n) is 3.40. The molecule has 0 spiro atoms. The number of nitrogens with zero attached hydrogens (tertiary/aromatic N) is 1. The van der Waals surface area contributed by atoms with Gasteiger partial charge in [-0.1, -0.05) is 15.9 Å². The smallest absolute Gasteiger partial charge is 0.333 e. The highest BCUT2D eigenvalue weighted by molar-refractivity contribution is 9.10. The molecule has 1 saturated heterocycles. The van der Waals surface area contributed by atoms with Crippen LogP contribution in [0.5, 0.6) is 0 Å². The number of amides is 1. The van der Waals surface area contributed by atoms with E-state index in [1.165, 1.54) is 0 Å². The standard InChI is InChI=1S/C6H7BrF3NO/c7-4-1-2-11(5(4)12)3-6(8,9)10/h4H,1-3H2/t4-/m1/s1.